The van der Waals surface area contributed by atoms with Crippen molar-refractivity contribution in [2.45, 2.75) is 19.8 Å². The molecule has 4 aromatic carbocycles. The zero-order valence-corrected chi connectivity index (χ0v) is 18.4. The van der Waals surface area contributed by atoms with E-state index in [1.807, 2.05) is 36.4 Å². The maximum atomic E-state index is 6.60. The third-order valence-corrected chi connectivity index (χ3v) is 9.11. The highest BCUT2D eigenvalue weighted by molar-refractivity contribution is 7.07. The molecule has 0 saturated heterocycles. The van der Waals surface area contributed by atoms with Gasteiger partial charge in [0, 0.05) is 5.56 Å². The Morgan fingerprint density at radius 3 is 1.37 bits per heavy atom. The van der Waals surface area contributed by atoms with Crippen molar-refractivity contribution in [1.82, 2.24) is 0 Å². The summed E-state index contributed by atoms with van der Waals surface area (Å²) in [6.07, 6.45) is 0. The zero-order valence-electron chi connectivity index (χ0n) is 17.4. The maximum absolute atomic E-state index is 6.60. The summed E-state index contributed by atoms with van der Waals surface area (Å²) in [5, 5.41) is 3.43. The van der Waals surface area contributed by atoms with Crippen molar-refractivity contribution in [3.05, 3.63) is 121 Å². The molecule has 0 bridgehead atoms. The molecular weight excluding hydrogens is 384 g/mol. The second-order valence-electron chi connectivity index (χ2n) is 7.64. The smallest absolute Gasteiger partial charge is 0.347 e. The summed E-state index contributed by atoms with van der Waals surface area (Å²) in [7, 11) is -2.89. The number of hydrogen-bond acceptors (Lipinski definition) is 2. The molecular formula is C27H26O2Si. The van der Waals surface area contributed by atoms with Crippen molar-refractivity contribution >= 4 is 23.9 Å². The highest BCUT2D eigenvalue weighted by Gasteiger charge is 2.45. The van der Waals surface area contributed by atoms with Gasteiger partial charge in [-0.2, -0.15) is 0 Å². The Labute approximate surface area is 179 Å². The summed E-state index contributed by atoms with van der Waals surface area (Å²) in [6, 6.07) is 39.5. The number of benzene rings is 4. The summed E-state index contributed by atoms with van der Waals surface area (Å²) < 4.78 is 6.60. The molecule has 0 heterocycles. The molecule has 0 aliphatic heterocycles. The van der Waals surface area contributed by atoms with Crippen LogP contribution in [0.5, 0.6) is 5.75 Å². The van der Waals surface area contributed by atoms with E-state index >= 15 is 0 Å². The SMILES string of the molecule is CC(C)c1ccccc1OO[Si](c1ccccc1)(c1ccccc1)c1ccccc1. The molecule has 0 N–H and O–H groups in total. The summed E-state index contributed by atoms with van der Waals surface area (Å²) in [6.45, 7) is 4.33. The van der Waals surface area contributed by atoms with Crippen LogP contribution in [0.2, 0.25) is 0 Å². The van der Waals surface area contributed by atoms with Crippen molar-refractivity contribution in [1.29, 1.82) is 0 Å². The molecule has 0 aromatic heterocycles. The van der Waals surface area contributed by atoms with Crippen LogP contribution in [-0.4, -0.2) is 8.32 Å². The molecule has 0 radical (unpaired) electrons. The van der Waals surface area contributed by atoms with E-state index in [2.05, 4.69) is 92.7 Å². The van der Waals surface area contributed by atoms with Gasteiger partial charge in [-0.1, -0.05) is 123 Å². The fraction of sp³-hybridized carbons (Fsp3) is 0.111. The minimum atomic E-state index is -2.89. The lowest BCUT2D eigenvalue weighted by Crippen LogP contribution is -2.69. The topological polar surface area (TPSA) is 18.5 Å². The summed E-state index contributed by atoms with van der Waals surface area (Å²) >= 11 is 0. The predicted molar refractivity (Wildman–Crippen MR) is 126 cm³/mol. The third-order valence-electron chi connectivity index (χ3n) is 5.34. The van der Waals surface area contributed by atoms with E-state index in [4.69, 9.17) is 9.46 Å². The average Bonchev–Trinajstić information content (AvgIpc) is 2.82. The molecule has 3 heteroatoms. The van der Waals surface area contributed by atoms with E-state index < -0.39 is 8.32 Å². The normalized spacial score (nSPS) is 11.4. The summed E-state index contributed by atoms with van der Waals surface area (Å²) in [5.74, 6) is 1.11. The molecule has 0 amide bonds. The second-order valence-corrected chi connectivity index (χ2v) is 10.9. The van der Waals surface area contributed by atoms with Crippen molar-refractivity contribution in [2.75, 3.05) is 0 Å². The Morgan fingerprint density at radius 1 is 0.533 bits per heavy atom. The summed E-state index contributed by atoms with van der Waals surface area (Å²) in [4.78, 5) is 6.19. The molecule has 150 valence electrons. The van der Waals surface area contributed by atoms with Gasteiger partial charge in [0.25, 0.3) is 0 Å². The molecule has 4 aromatic rings. The maximum Gasteiger partial charge on any atom is 0.347 e. The first-order valence-corrected chi connectivity index (χ1v) is 12.2. The van der Waals surface area contributed by atoms with E-state index in [1.54, 1.807) is 0 Å². The Hall–Kier alpha value is -3.14. The highest BCUT2D eigenvalue weighted by Crippen LogP contribution is 2.27. The van der Waals surface area contributed by atoms with Gasteiger partial charge < -0.3 is 4.89 Å². The minimum Gasteiger partial charge on any atom is -0.348 e. The molecule has 0 saturated carbocycles. The van der Waals surface area contributed by atoms with Gasteiger partial charge in [0.15, 0.2) is 5.75 Å². The molecule has 0 spiro atoms. The van der Waals surface area contributed by atoms with E-state index in [0.29, 0.717) is 5.92 Å². The second kappa shape index (κ2) is 9.12. The van der Waals surface area contributed by atoms with Gasteiger partial charge in [0.1, 0.15) is 0 Å². The number of para-hydroxylation sites is 1. The van der Waals surface area contributed by atoms with Crippen molar-refractivity contribution < 1.29 is 9.46 Å². The largest absolute Gasteiger partial charge is 0.348 e. The van der Waals surface area contributed by atoms with Crippen LogP contribution in [0.1, 0.15) is 25.3 Å². The van der Waals surface area contributed by atoms with Gasteiger partial charge in [-0.3, -0.25) is 0 Å². The Kier molecular flexibility index (Phi) is 6.12. The van der Waals surface area contributed by atoms with E-state index in [-0.39, 0.29) is 0 Å². The summed E-state index contributed by atoms with van der Waals surface area (Å²) in [5.41, 5.74) is 1.13. The van der Waals surface area contributed by atoms with Crippen molar-refractivity contribution in [3.8, 4) is 5.75 Å². The molecule has 0 unspecified atom stereocenters. The Bertz CT molecular complexity index is 967. The molecule has 0 aliphatic rings. The number of rotatable bonds is 7. The lowest BCUT2D eigenvalue weighted by molar-refractivity contribution is -0.107. The van der Waals surface area contributed by atoms with Crippen molar-refractivity contribution in [3.63, 3.8) is 0 Å². The molecule has 30 heavy (non-hydrogen) atoms. The fourth-order valence-electron chi connectivity index (χ4n) is 3.80. The van der Waals surface area contributed by atoms with Crippen LogP contribution >= 0.6 is 0 Å². The first-order valence-electron chi connectivity index (χ1n) is 10.3. The van der Waals surface area contributed by atoms with Gasteiger partial charge in [-0.25, -0.2) is 4.58 Å². The monoisotopic (exact) mass is 410 g/mol. The molecule has 4 rings (SSSR count). The van der Waals surface area contributed by atoms with Crippen LogP contribution in [0.3, 0.4) is 0 Å². The van der Waals surface area contributed by atoms with Gasteiger partial charge in [0.2, 0.25) is 0 Å². The molecule has 0 aliphatic carbocycles. The van der Waals surface area contributed by atoms with Crippen LogP contribution in [-0.2, 0) is 4.58 Å². The lowest BCUT2D eigenvalue weighted by Gasteiger charge is -2.31. The standard InChI is InChI=1S/C27H26O2Si/c1-22(2)26-20-12-13-21-27(26)28-29-30(23-14-6-3-7-15-23,24-16-8-4-9-17-24)25-18-10-5-11-19-25/h3-22H,1-2H3. The van der Waals surface area contributed by atoms with E-state index in [1.165, 1.54) is 0 Å². The van der Waals surface area contributed by atoms with Gasteiger partial charge in [-0.15, -0.1) is 0 Å². The zero-order chi connectivity index (χ0) is 20.8. The van der Waals surface area contributed by atoms with Gasteiger partial charge in [-0.05, 0) is 27.5 Å². The van der Waals surface area contributed by atoms with Crippen LogP contribution in [0.15, 0.2) is 115 Å². The molecule has 0 atom stereocenters. The van der Waals surface area contributed by atoms with Gasteiger partial charge >= 0.3 is 8.32 Å². The first kappa shape index (κ1) is 20.1. The minimum absolute atomic E-state index is 0.339. The number of hydrogen-bond donors (Lipinski definition) is 0. The fourth-order valence-corrected chi connectivity index (χ4v) is 7.29. The molecule has 2 nitrogen and oxygen atoms in total. The predicted octanol–water partition coefficient (Wildman–Crippen LogP) is 4.79. The Morgan fingerprint density at radius 2 is 0.933 bits per heavy atom. The lowest BCUT2D eigenvalue weighted by atomic mass is 10.0. The van der Waals surface area contributed by atoms with Crippen molar-refractivity contribution in [2.24, 2.45) is 0 Å². The van der Waals surface area contributed by atoms with Gasteiger partial charge in [0.05, 0.1) is 0 Å². The van der Waals surface area contributed by atoms with Crippen LogP contribution < -0.4 is 20.4 Å². The van der Waals surface area contributed by atoms with Crippen LogP contribution in [0.25, 0.3) is 0 Å². The average molecular weight is 411 g/mol. The van der Waals surface area contributed by atoms with Crippen LogP contribution in [0, 0.1) is 0 Å². The molecule has 0 fully saturated rings. The third kappa shape index (κ3) is 3.95. The van der Waals surface area contributed by atoms with E-state index in [9.17, 15) is 0 Å². The highest BCUT2D eigenvalue weighted by atomic mass is 28.4. The van der Waals surface area contributed by atoms with E-state index in [0.717, 1.165) is 26.9 Å². The van der Waals surface area contributed by atoms with Crippen LogP contribution in [0.4, 0.5) is 0 Å². The first-order chi connectivity index (χ1) is 14.7. The quantitative estimate of drug-likeness (QED) is 0.189. The Balaban J connectivity index is 1.88.